The normalized spacial score (nSPS) is 14.2. The van der Waals surface area contributed by atoms with Crippen LogP contribution < -0.4 is 10.2 Å². The van der Waals surface area contributed by atoms with Crippen molar-refractivity contribution in [3.63, 3.8) is 0 Å². The smallest absolute Gasteiger partial charge is 0.313 e. The van der Waals surface area contributed by atoms with Crippen molar-refractivity contribution in [1.29, 1.82) is 0 Å². The molecule has 0 radical (unpaired) electrons. The van der Waals surface area contributed by atoms with Crippen LogP contribution in [0.2, 0.25) is 0 Å². The standard InChI is InChI=1S/C19H20FN3O2S/c1-26-17-5-3-2-4-16(17)21-18(24)19(25)23-12-10-22(11-13-23)15-8-6-14(20)7-9-15/h2-9H,10-13H2,1H3,(H,21,24). The van der Waals surface area contributed by atoms with Gasteiger partial charge in [0, 0.05) is 36.8 Å². The third-order valence-electron chi connectivity index (χ3n) is 4.31. The number of carbonyl (C=O) groups excluding carboxylic acids is 2. The van der Waals surface area contributed by atoms with Gasteiger partial charge in [-0.2, -0.15) is 0 Å². The number of hydrogen-bond acceptors (Lipinski definition) is 4. The lowest BCUT2D eigenvalue weighted by Gasteiger charge is -2.35. The molecule has 2 amide bonds. The third-order valence-corrected chi connectivity index (χ3v) is 5.10. The van der Waals surface area contributed by atoms with Crippen molar-refractivity contribution in [3.05, 3.63) is 54.3 Å². The predicted molar refractivity (Wildman–Crippen MR) is 102 cm³/mol. The Hall–Kier alpha value is -2.54. The fourth-order valence-electron chi connectivity index (χ4n) is 2.89. The fourth-order valence-corrected chi connectivity index (χ4v) is 3.44. The van der Waals surface area contributed by atoms with Gasteiger partial charge < -0.3 is 15.1 Å². The molecule has 0 spiro atoms. The van der Waals surface area contributed by atoms with Gasteiger partial charge in [0.05, 0.1) is 5.69 Å². The molecule has 2 aromatic rings. The summed E-state index contributed by atoms with van der Waals surface area (Å²) < 4.78 is 13.0. The molecule has 1 N–H and O–H groups in total. The van der Waals surface area contributed by atoms with E-state index in [2.05, 4.69) is 10.2 Å². The molecule has 0 saturated carbocycles. The summed E-state index contributed by atoms with van der Waals surface area (Å²) in [4.78, 5) is 29.3. The Labute approximate surface area is 156 Å². The zero-order valence-corrected chi connectivity index (χ0v) is 15.3. The summed E-state index contributed by atoms with van der Waals surface area (Å²) in [6, 6.07) is 13.7. The minimum absolute atomic E-state index is 0.273. The van der Waals surface area contributed by atoms with Crippen molar-refractivity contribution in [2.75, 3.05) is 42.7 Å². The zero-order chi connectivity index (χ0) is 18.5. The van der Waals surface area contributed by atoms with Crippen molar-refractivity contribution < 1.29 is 14.0 Å². The number of amides is 2. The van der Waals surface area contributed by atoms with Gasteiger partial charge in [-0.25, -0.2) is 4.39 Å². The quantitative estimate of drug-likeness (QED) is 0.664. The lowest BCUT2D eigenvalue weighted by molar-refractivity contribution is -0.143. The number of carbonyl (C=O) groups is 2. The van der Waals surface area contributed by atoms with Gasteiger partial charge in [0.25, 0.3) is 0 Å². The van der Waals surface area contributed by atoms with Crippen LogP contribution in [0, 0.1) is 5.82 Å². The van der Waals surface area contributed by atoms with E-state index in [0.717, 1.165) is 10.6 Å². The molecule has 1 aliphatic heterocycles. The molecular formula is C19H20FN3O2S. The highest BCUT2D eigenvalue weighted by Gasteiger charge is 2.26. The van der Waals surface area contributed by atoms with Crippen molar-refractivity contribution in [2.45, 2.75) is 4.90 Å². The third kappa shape index (κ3) is 4.16. The first-order chi connectivity index (χ1) is 12.6. The summed E-state index contributed by atoms with van der Waals surface area (Å²) in [5.41, 5.74) is 1.56. The van der Waals surface area contributed by atoms with Gasteiger partial charge in [0.2, 0.25) is 0 Å². The highest BCUT2D eigenvalue weighted by atomic mass is 32.2. The van der Waals surface area contributed by atoms with Crippen LogP contribution in [0.3, 0.4) is 0 Å². The number of benzene rings is 2. The number of rotatable bonds is 3. The Kier molecular flexibility index (Phi) is 5.78. The molecule has 1 aliphatic rings. The van der Waals surface area contributed by atoms with Crippen molar-refractivity contribution >= 4 is 35.0 Å². The Balaban J connectivity index is 1.57. The Morgan fingerprint density at radius 2 is 1.65 bits per heavy atom. The van der Waals surface area contributed by atoms with Crippen molar-refractivity contribution in [1.82, 2.24) is 4.90 Å². The van der Waals surface area contributed by atoms with Crippen molar-refractivity contribution in [3.8, 4) is 0 Å². The molecule has 0 unspecified atom stereocenters. The summed E-state index contributed by atoms with van der Waals surface area (Å²) >= 11 is 1.51. The average Bonchev–Trinajstić information content (AvgIpc) is 2.68. The Bertz CT molecular complexity index is 790. The molecule has 26 heavy (non-hydrogen) atoms. The summed E-state index contributed by atoms with van der Waals surface area (Å²) in [5, 5.41) is 2.70. The minimum Gasteiger partial charge on any atom is -0.368 e. The van der Waals surface area contributed by atoms with E-state index < -0.39 is 11.8 Å². The van der Waals surface area contributed by atoms with E-state index in [-0.39, 0.29) is 5.82 Å². The van der Waals surface area contributed by atoms with E-state index in [1.807, 2.05) is 24.5 Å². The number of hydrogen-bond donors (Lipinski definition) is 1. The van der Waals surface area contributed by atoms with E-state index in [9.17, 15) is 14.0 Å². The van der Waals surface area contributed by atoms with Crippen LogP contribution in [-0.4, -0.2) is 49.1 Å². The molecule has 0 bridgehead atoms. The first-order valence-electron chi connectivity index (χ1n) is 8.32. The van der Waals surface area contributed by atoms with Crippen LogP contribution in [0.25, 0.3) is 0 Å². The summed E-state index contributed by atoms with van der Waals surface area (Å²) in [6.45, 7) is 2.11. The van der Waals surface area contributed by atoms with E-state index in [4.69, 9.17) is 0 Å². The largest absolute Gasteiger partial charge is 0.368 e. The second-order valence-corrected chi connectivity index (χ2v) is 6.76. The van der Waals surface area contributed by atoms with Crippen LogP contribution in [0.4, 0.5) is 15.8 Å². The lowest BCUT2D eigenvalue weighted by atomic mass is 10.2. The average molecular weight is 373 g/mol. The molecule has 2 aromatic carbocycles. The van der Waals surface area contributed by atoms with Gasteiger partial charge in [0.1, 0.15) is 5.82 Å². The number of anilines is 2. The fraction of sp³-hybridized carbons (Fsp3) is 0.263. The molecular weight excluding hydrogens is 353 g/mol. The Morgan fingerprint density at radius 3 is 2.31 bits per heavy atom. The Morgan fingerprint density at radius 1 is 1.00 bits per heavy atom. The minimum atomic E-state index is -0.623. The number of para-hydroxylation sites is 1. The van der Waals surface area contributed by atoms with E-state index in [1.54, 1.807) is 23.1 Å². The first kappa shape index (κ1) is 18.3. The molecule has 1 heterocycles. The van der Waals surface area contributed by atoms with Crippen LogP contribution in [0.15, 0.2) is 53.4 Å². The van der Waals surface area contributed by atoms with Gasteiger partial charge in [-0.1, -0.05) is 12.1 Å². The topological polar surface area (TPSA) is 52.7 Å². The van der Waals surface area contributed by atoms with E-state index in [0.29, 0.717) is 31.9 Å². The molecule has 5 nitrogen and oxygen atoms in total. The summed E-state index contributed by atoms with van der Waals surface area (Å²) in [7, 11) is 0. The summed E-state index contributed by atoms with van der Waals surface area (Å²) in [6.07, 6.45) is 1.92. The lowest BCUT2D eigenvalue weighted by Crippen LogP contribution is -2.51. The SMILES string of the molecule is CSc1ccccc1NC(=O)C(=O)N1CCN(c2ccc(F)cc2)CC1. The van der Waals surface area contributed by atoms with Crippen molar-refractivity contribution in [2.24, 2.45) is 0 Å². The van der Waals surface area contributed by atoms with Crippen LogP contribution >= 0.6 is 11.8 Å². The number of thioether (sulfide) groups is 1. The monoisotopic (exact) mass is 373 g/mol. The number of nitrogens with zero attached hydrogens (tertiary/aromatic N) is 2. The van der Waals surface area contributed by atoms with Gasteiger partial charge in [-0.05, 0) is 42.7 Å². The maximum Gasteiger partial charge on any atom is 0.313 e. The van der Waals surface area contributed by atoms with Gasteiger partial charge in [-0.3, -0.25) is 9.59 Å². The first-order valence-corrected chi connectivity index (χ1v) is 9.55. The molecule has 136 valence electrons. The van der Waals surface area contributed by atoms with Gasteiger partial charge in [-0.15, -0.1) is 11.8 Å². The molecule has 3 rings (SSSR count). The van der Waals surface area contributed by atoms with E-state index in [1.165, 1.54) is 23.9 Å². The summed E-state index contributed by atoms with van der Waals surface area (Å²) in [5.74, 6) is -1.42. The molecule has 0 atom stereocenters. The maximum atomic E-state index is 13.0. The highest BCUT2D eigenvalue weighted by molar-refractivity contribution is 7.98. The van der Waals surface area contributed by atoms with Crippen LogP contribution in [0.1, 0.15) is 0 Å². The second kappa shape index (κ2) is 8.23. The zero-order valence-electron chi connectivity index (χ0n) is 14.4. The van der Waals surface area contributed by atoms with Gasteiger partial charge >= 0.3 is 11.8 Å². The molecule has 0 aliphatic carbocycles. The predicted octanol–water partition coefficient (Wildman–Crippen LogP) is 2.83. The van der Waals surface area contributed by atoms with E-state index >= 15 is 0 Å². The number of nitrogens with one attached hydrogen (secondary N) is 1. The highest BCUT2D eigenvalue weighted by Crippen LogP contribution is 2.24. The molecule has 7 heteroatoms. The van der Waals surface area contributed by atoms with Gasteiger partial charge in [0.15, 0.2) is 0 Å². The number of piperazine rings is 1. The second-order valence-electron chi connectivity index (χ2n) is 5.91. The number of halogens is 1. The molecule has 1 saturated heterocycles. The molecule has 1 fully saturated rings. The van der Waals surface area contributed by atoms with Crippen LogP contribution in [-0.2, 0) is 9.59 Å². The molecule has 0 aromatic heterocycles. The van der Waals surface area contributed by atoms with Crippen LogP contribution in [0.5, 0.6) is 0 Å². The maximum absolute atomic E-state index is 13.0.